The van der Waals surface area contributed by atoms with E-state index < -0.39 is 12.7 Å². The summed E-state index contributed by atoms with van der Waals surface area (Å²) in [5.74, 6) is 0.201. The number of hydrogen-bond donors (Lipinski definition) is 1. The predicted molar refractivity (Wildman–Crippen MR) is 73.4 cm³/mol. The maximum atomic E-state index is 12.6. The average molecular weight is 291 g/mol. The minimum Gasteiger partial charge on any atom is -0.389 e. The van der Waals surface area contributed by atoms with Crippen LogP contribution in [0.1, 0.15) is 24.6 Å². The van der Waals surface area contributed by atoms with Gasteiger partial charge in [-0.15, -0.1) is 0 Å². The fourth-order valence-corrected chi connectivity index (χ4v) is 1.88. The molecule has 0 spiro atoms. The summed E-state index contributed by atoms with van der Waals surface area (Å²) in [7, 11) is 0. The van der Waals surface area contributed by atoms with Gasteiger partial charge in [-0.25, -0.2) is 4.98 Å². The van der Waals surface area contributed by atoms with Crippen LogP contribution in [-0.2, 0) is 0 Å². The highest BCUT2D eigenvalue weighted by atomic mass is 32.1. The molecule has 0 aromatic carbocycles. The van der Waals surface area contributed by atoms with Crippen molar-refractivity contribution in [2.24, 2.45) is 5.73 Å². The van der Waals surface area contributed by atoms with E-state index in [0.717, 1.165) is 0 Å². The number of pyridine rings is 1. The van der Waals surface area contributed by atoms with Crippen molar-refractivity contribution >= 4 is 23.0 Å². The fraction of sp³-hybridized carbons (Fsp3) is 0.500. The van der Waals surface area contributed by atoms with Crippen molar-refractivity contribution in [3.8, 4) is 0 Å². The zero-order valence-electron chi connectivity index (χ0n) is 10.8. The summed E-state index contributed by atoms with van der Waals surface area (Å²) in [6.45, 7) is 2.70. The van der Waals surface area contributed by atoms with Gasteiger partial charge < -0.3 is 10.6 Å². The van der Waals surface area contributed by atoms with Crippen molar-refractivity contribution in [3.63, 3.8) is 0 Å². The van der Waals surface area contributed by atoms with Gasteiger partial charge in [-0.2, -0.15) is 13.2 Å². The molecule has 3 nitrogen and oxygen atoms in total. The second-order valence-electron chi connectivity index (χ2n) is 4.22. The van der Waals surface area contributed by atoms with Crippen LogP contribution in [0.2, 0.25) is 0 Å². The molecule has 0 radical (unpaired) electrons. The van der Waals surface area contributed by atoms with E-state index in [1.807, 2.05) is 0 Å². The van der Waals surface area contributed by atoms with Crippen LogP contribution in [0.15, 0.2) is 12.1 Å². The van der Waals surface area contributed by atoms with Crippen LogP contribution in [0.4, 0.5) is 19.0 Å². The number of alkyl halides is 3. The first-order chi connectivity index (χ1) is 8.74. The molecule has 0 unspecified atom stereocenters. The largest absolute Gasteiger partial charge is 0.405 e. The number of halogens is 3. The van der Waals surface area contributed by atoms with E-state index in [1.165, 1.54) is 4.90 Å². The fourth-order valence-electron chi connectivity index (χ4n) is 1.72. The molecule has 106 valence electrons. The number of nitrogens with zero attached hydrogens (tertiary/aromatic N) is 2. The topological polar surface area (TPSA) is 42.2 Å². The smallest absolute Gasteiger partial charge is 0.389 e. The Hall–Kier alpha value is -1.37. The number of hydrogen-bond acceptors (Lipinski definition) is 3. The van der Waals surface area contributed by atoms with Crippen molar-refractivity contribution in [2.75, 3.05) is 18.0 Å². The zero-order chi connectivity index (χ0) is 14.6. The molecule has 0 saturated heterocycles. The molecule has 1 aromatic heterocycles. The Kier molecular flexibility index (Phi) is 5.11. The van der Waals surface area contributed by atoms with E-state index in [1.54, 1.807) is 26.0 Å². The zero-order valence-corrected chi connectivity index (χ0v) is 11.6. The van der Waals surface area contributed by atoms with E-state index in [9.17, 15) is 13.2 Å². The molecule has 0 amide bonds. The maximum Gasteiger partial charge on any atom is 0.405 e. The summed E-state index contributed by atoms with van der Waals surface area (Å²) in [6, 6.07) is 3.29. The Morgan fingerprint density at radius 3 is 2.53 bits per heavy atom. The summed E-state index contributed by atoms with van der Waals surface area (Å²) in [6.07, 6.45) is -3.73. The van der Waals surface area contributed by atoms with Crippen LogP contribution in [0, 0.1) is 6.92 Å². The first-order valence-electron chi connectivity index (χ1n) is 5.83. The van der Waals surface area contributed by atoms with Crippen molar-refractivity contribution in [2.45, 2.75) is 26.4 Å². The summed E-state index contributed by atoms with van der Waals surface area (Å²) < 4.78 is 37.8. The van der Waals surface area contributed by atoms with Crippen LogP contribution in [-0.4, -0.2) is 29.2 Å². The van der Waals surface area contributed by atoms with Crippen LogP contribution in [0.3, 0.4) is 0 Å². The highest BCUT2D eigenvalue weighted by molar-refractivity contribution is 7.80. The minimum absolute atomic E-state index is 0.0470. The molecule has 0 bridgehead atoms. The van der Waals surface area contributed by atoms with E-state index in [0.29, 0.717) is 17.7 Å². The molecular weight excluding hydrogens is 275 g/mol. The van der Waals surface area contributed by atoms with E-state index in [2.05, 4.69) is 4.98 Å². The molecule has 0 aliphatic heterocycles. The highest BCUT2D eigenvalue weighted by Gasteiger charge is 2.32. The lowest BCUT2D eigenvalue weighted by Crippen LogP contribution is -2.37. The van der Waals surface area contributed by atoms with E-state index in [-0.39, 0.29) is 17.4 Å². The number of thiocarbonyl (C=S) groups is 1. The lowest BCUT2D eigenvalue weighted by molar-refractivity contribution is -0.119. The Balaban J connectivity index is 3.20. The molecule has 0 saturated carbocycles. The van der Waals surface area contributed by atoms with Crippen LogP contribution < -0.4 is 10.6 Å². The van der Waals surface area contributed by atoms with Gasteiger partial charge >= 0.3 is 6.18 Å². The number of anilines is 1. The van der Waals surface area contributed by atoms with E-state index >= 15 is 0 Å². The average Bonchev–Trinajstić information content (AvgIpc) is 2.26. The molecule has 2 N–H and O–H groups in total. The van der Waals surface area contributed by atoms with Crippen molar-refractivity contribution in [1.82, 2.24) is 4.98 Å². The molecule has 0 atom stereocenters. The SMILES string of the molecule is CCCN(CC(F)(F)F)c1nc(C)ccc1C(N)=S. The summed E-state index contributed by atoms with van der Waals surface area (Å²) in [4.78, 5) is 5.37. The molecule has 1 heterocycles. The third-order valence-corrected chi connectivity index (χ3v) is 2.66. The molecule has 0 fully saturated rings. The van der Waals surface area contributed by atoms with Crippen molar-refractivity contribution in [1.29, 1.82) is 0 Å². The summed E-state index contributed by atoms with van der Waals surface area (Å²) in [5.41, 5.74) is 6.54. The standard InChI is InChI=1S/C12H16F3N3S/c1-3-6-18(7-12(13,14)15)11-9(10(16)19)5-4-8(2)17-11/h4-5H,3,6-7H2,1-2H3,(H2,16,19). The van der Waals surface area contributed by atoms with E-state index in [4.69, 9.17) is 18.0 Å². The maximum absolute atomic E-state index is 12.6. The van der Waals surface area contributed by atoms with Crippen LogP contribution in [0.5, 0.6) is 0 Å². The first-order valence-corrected chi connectivity index (χ1v) is 6.24. The summed E-state index contributed by atoms with van der Waals surface area (Å²) >= 11 is 4.87. The van der Waals surface area contributed by atoms with Gasteiger partial charge in [-0.05, 0) is 25.5 Å². The van der Waals surface area contributed by atoms with Gasteiger partial charge in [0.25, 0.3) is 0 Å². The number of rotatable bonds is 5. The number of aryl methyl sites for hydroxylation is 1. The molecular formula is C12H16F3N3S. The monoisotopic (exact) mass is 291 g/mol. The second-order valence-corrected chi connectivity index (χ2v) is 4.66. The van der Waals surface area contributed by atoms with Gasteiger partial charge in [0, 0.05) is 12.2 Å². The third kappa shape index (κ3) is 4.66. The number of nitrogens with two attached hydrogens (primary N) is 1. The predicted octanol–water partition coefficient (Wildman–Crippen LogP) is 2.80. The normalized spacial score (nSPS) is 11.4. The van der Waals surface area contributed by atoms with Crippen molar-refractivity contribution < 1.29 is 13.2 Å². The van der Waals surface area contributed by atoms with Gasteiger partial charge in [-0.1, -0.05) is 19.1 Å². The molecule has 0 aliphatic rings. The van der Waals surface area contributed by atoms with Gasteiger partial charge in [0.15, 0.2) is 0 Å². The molecule has 7 heteroatoms. The number of aromatic nitrogens is 1. The lowest BCUT2D eigenvalue weighted by Gasteiger charge is -2.26. The van der Waals surface area contributed by atoms with Crippen LogP contribution >= 0.6 is 12.2 Å². The van der Waals surface area contributed by atoms with Crippen molar-refractivity contribution in [3.05, 3.63) is 23.4 Å². The molecule has 1 aromatic rings. The molecule has 1 rings (SSSR count). The Bertz CT molecular complexity index is 460. The van der Waals surface area contributed by atoms with Gasteiger partial charge in [0.05, 0.1) is 5.56 Å². The molecule has 19 heavy (non-hydrogen) atoms. The third-order valence-electron chi connectivity index (χ3n) is 2.44. The van der Waals surface area contributed by atoms with Crippen LogP contribution in [0.25, 0.3) is 0 Å². The van der Waals surface area contributed by atoms with Gasteiger partial charge in [-0.3, -0.25) is 0 Å². The Morgan fingerprint density at radius 2 is 2.05 bits per heavy atom. The lowest BCUT2D eigenvalue weighted by atomic mass is 10.2. The highest BCUT2D eigenvalue weighted by Crippen LogP contribution is 2.24. The Labute approximate surface area is 115 Å². The molecule has 0 aliphatic carbocycles. The quantitative estimate of drug-likeness (QED) is 0.847. The first kappa shape index (κ1) is 15.7. The Morgan fingerprint density at radius 1 is 1.42 bits per heavy atom. The van der Waals surface area contributed by atoms with Gasteiger partial charge in [0.1, 0.15) is 17.4 Å². The second kappa shape index (κ2) is 6.18. The van der Waals surface area contributed by atoms with Gasteiger partial charge in [0.2, 0.25) is 0 Å². The summed E-state index contributed by atoms with van der Waals surface area (Å²) in [5, 5.41) is 0. The minimum atomic E-state index is -4.30.